The fraction of sp³-hybridized carbons (Fsp3) is 0.500. The first-order valence-electron chi connectivity index (χ1n) is 5.37. The molecule has 1 aromatic carbocycles. The van der Waals surface area contributed by atoms with E-state index in [0.29, 0.717) is 13.0 Å². The molecule has 96 valence electrons. The summed E-state index contributed by atoms with van der Waals surface area (Å²) in [7, 11) is 1.55. The number of nitrogens with two attached hydrogens (primary N) is 1. The molecule has 0 bridgehead atoms. The van der Waals surface area contributed by atoms with Crippen LogP contribution in [0.1, 0.15) is 24.9 Å². The average Bonchev–Trinajstić information content (AvgIpc) is 2.32. The molecule has 5 heteroatoms. The molecular formula is C12H16F3NO. The summed E-state index contributed by atoms with van der Waals surface area (Å²) in [5, 5.41) is 0. The molecular weight excluding hydrogens is 231 g/mol. The summed E-state index contributed by atoms with van der Waals surface area (Å²) in [5.41, 5.74) is 5.81. The smallest absolute Gasteiger partial charge is 0.194 e. The van der Waals surface area contributed by atoms with Gasteiger partial charge < -0.3 is 10.5 Å². The normalized spacial score (nSPS) is 14.7. The van der Waals surface area contributed by atoms with Gasteiger partial charge in [-0.25, -0.2) is 13.2 Å². The van der Waals surface area contributed by atoms with E-state index in [4.69, 9.17) is 10.5 Å². The fourth-order valence-corrected chi connectivity index (χ4v) is 1.59. The highest BCUT2D eigenvalue weighted by atomic mass is 19.2. The molecule has 0 spiro atoms. The summed E-state index contributed by atoms with van der Waals surface area (Å²) in [6, 6.07) is 1.39. The van der Waals surface area contributed by atoms with E-state index in [9.17, 15) is 13.2 Å². The minimum Gasteiger partial charge on any atom is -0.385 e. The van der Waals surface area contributed by atoms with Crippen LogP contribution in [0.15, 0.2) is 12.1 Å². The van der Waals surface area contributed by atoms with Crippen molar-refractivity contribution in [1.29, 1.82) is 0 Å². The molecule has 0 aliphatic rings. The SMILES string of the molecule is COCCC(C)C(N)c1ccc(F)c(F)c1F. The molecule has 0 aliphatic heterocycles. The van der Waals surface area contributed by atoms with Gasteiger partial charge in [-0.2, -0.15) is 0 Å². The molecule has 2 atom stereocenters. The van der Waals surface area contributed by atoms with Crippen LogP contribution in [0.3, 0.4) is 0 Å². The van der Waals surface area contributed by atoms with E-state index in [1.165, 1.54) is 6.07 Å². The van der Waals surface area contributed by atoms with Gasteiger partial charge in [0.15, 0.2) is 17.5 Å². The van der Waals surface area contributed by atoms with E-state index in [1.54, 1.807) is 7.11 Å². The number of ether oxygens (including phenoxy) is 1. The van der Waals surface area contributed by atoms with Gasteiger partial charge in [-0.15, -0.1) is 0 Å². The van der Waals surface area contributed by atoms with Crippen LogP contribution in [0.25, 0.3) is 0 Å². The summed E-state index contributed by atoms with van der Waals surface area (Å²) in [6.45, 7) is 2.30. The summed E-state index contributed by atoms with van der Waals surface area (Å²) < 4.78 is 44.1. The second kappa shape index (κ2) is 6.02. The van der Waals surface area contributed by atoms with Crippen molar-refractivity contribution in [1.82, 2.24) is 0 Å². The van der Waals surface area contributed by atoms with Gasteiger partial charge >= 0.3 is 0 Å². The highest BCUT2D eigenvalue weighted by molar-refractivity contribution is 5.23. The summed E-state index contributed by atoms with van der Waals surface area (Å²) in [6.07, 6.45) is 0.621. The van der Waals surface area contributed by atoms with Crippen molar-refractivity contribution in [2.75, 3.05) is 13.7 Å². The molecule has 0 aromatic heterocycles. The minimum atomic E-state index is -1.48. The number of halogens is 3. The van der Waals surface area contributed by atoms with E-state index < -0.39 is 23.5 Å². The second-order valence-corrected chi connectivity index (χ2v) is 4.05. The number of hydrogen-bond donors (Lipinski definition) is 1. The molecule has 0 saturated carbocycles. The maximum absolute atomic E-state index is 13.5. The highest BCUT2D eigenvalue weighted by Crippen LogP contribution is 2.26. The maximum Gasteiger partial charge on any atom is 0.194 e. The molecule has 0 radical (unpaired) electrons. The molecule has 1 aromatic rings. The third-order valence-corrected chi connectivity index (χ3v) is 2.81. The van der Waals surface area contributed by atoms with Crippen LogP contribution in [0.5, 0.6) is 0 Å². The van der Waals surface area contributed by atoms with E-state index in [2.05, 4.69) is 0 Å². The average molecular weight is 247 g/mol. The summed E-state index contributed by atoms with van der Waals surface area (Å²) in [4.78, 5) is 0. The molecule has 2 N–H and O–H groups in total. The number of benzene rings is 1. The predicted octanol–water partition coefficient (Wildman–Crippen LogP) is 2.78. The van der Waals surface area contributed by atoms with Crippen LogP contribution in [0.2, 0.25) is 0 Å². The zero-order chi connectivity index (χ0) is 13.0. The van der Waals surface area contributed by atoms with Crippen molar-refractivity contribution < 1.29 is 17.9 Å². The van der Waals surface area contributed by atoms with Gasteiger partial charge in [0.1, 0.15) is 0 Å². The van der Waals surface area contributed by atoms with E-state index in [1.807, 2.05) is 6.92 Å². The van der Waals surface area contributed by atoms with Gasteiger partial charge in [-0.1, -0.05) is 13.0 Å². The Hall–Kier alpha value is -1.07. The lowest BCUT2D eigenvalue weighted by atomic mass is 9.92. The summed E-state index contributed by atoms with van der Waals surface area (Å²) >= 11 is 0. The Kier molecular flexibility index (Phi) is 4.96. The molecule has 0 heterocycles. The van der Waals surface area contributed by atoms with Crippen LogP contribution in [0.4, 0.5) is 13.2 Å². The Balaban J connectivity index is 2.89. The quantitative estimate of drug-likeness (QED) is 0.812. The maximum atomic E-state index is 13.5. The Morgan fingerprint density at radius 1 is 1.24 bits per heavy atom. The van der Waals surface area contributed by atoms with E-state index in [-0.39, 0.29) is 11.5 Å². The van der Waals surface area contributed by atoms with Crippen molar-refractivity contribution in [3.05, 3.63) is 35.1 Å². The van der Waals surface area contributed by atoms with E-state index in [0.717, 1.165) is 6.07 Å². The van der Waals surface area contributed by atoms with Gasteiger partial charge in [-0.05, 0) is 18.4 Å². The van der Waals surface area contributed by atoms with Gasteiger partial charge in [-0.3, -0.25) is 0 Å². The van der Waals surface area contributed by atoms with Crippen LogP contribution >= 0.6 is 0 Å². The van der Waals surface area contributed by atoms with Crippen LogP contribution in [-0.4, -0.2) is 13.7 Å². The van der Waals surface area contributed by atoms with Crippen molar-refractivity contribution in [3.63, 3.8) is 0 Å². The number of rotatable bonds is 5. The van der Waals surface area contributed by atoms with E-state index >= 15 is 0 Å². The van der Waals surface area contributed by atoms with Crippen molar-refractivity contribution in [2.24, 2.45) is 11.7 Å². The standard InChI is InChI=1S/C12H16F3NO/c1-7(5-6-17-2)12(16)8-3-4-9(13)11(15)10(8)14/h3-4,7,12H,5-6,16H2,1-2H3. The lowest BCUT2D eigenvalue weighted by molar-refractivity contribution is 0.174. The van der Waals surface area contributed by atoms with Gasteiger partial charge in [0.05, 0.1) is 0 Å². The van der Waals surface area contributed by atoms with Crippen LogP contribution in [-0.2, 0) is 4.74 Å². The third kappa shape index (κ3) is 3.20. The number of hydrogen-bond acceptors (Lipinski definition) is 2. The molecule has 0 aliphatic carbocycles. The first kappa shape index (κ1) is 14.0. The lowest BCUT2D eigenvalue weighted by Crippen LogP contribution is -2.22. The summed E-state index contributed by atoms with van der Waals surface area (Å²) in [5.74, 6) is -3.98. The molecule has 1 rings (SSSR count). The topological polar surface area (TPSA) is 35.2 Å². The zero-order valence-electron chi connectivity index (χ0n) is 9.84. The first-order valence-corrected chi connectivity index (χ1v) is 5.37. The van der Waals surface area contributed by atoms with Crippen LogP contribution in [0, 0.1) is 23.4 Å². The van der Waals surface area contributed by atoms with Crippen molar-refractivity contribution in [2.45, 2.75) is 19.4 Å². The largest absolute Gasteiger partial charge is 0.385 e. The van der Waals surface area contributed by atoms with Gasteiger partial charge in [0.2, 0.25) is 0 Å². The Bertz CT molecular complexity index is 384. The monoisotopic (exact) mass is 247 g/mol. The molecule has 2 nitrogen and oxygen atoms in total. The Morgan fingerprint density at radius 3 is 2.47 bits per heavy atom. The number of methoxy groups -OCH3 is 1. The molecule has 0 saturated heterocycles. The predicted molar refractivity (Wildman–Crippen MR) is 58.9 cm³/mol. The van der Waals surface area contributed by atoms with Gasteiger partial charge in [0.25, 0.3) is 0 Å². The highest BCUT2D eigenvalue weighted by Gasteiger charge is 2.22. The first-order chi connectivity index (χ1) is 7.99. The molecule has 2 unspecified atom stereocenters. The van der Waals surface area contributed by atoms with Crippen molar-refractivity contribution >= 4 is 0 Å². The molecule has 0 amide bonds. The zero-order valence-corrected chi connectivity index (χ0v) is 9.84. The Labute approximate surface area is 98.6 Å². The Morgan fingerprint density at radius 2 is 1.88 bits per heavy atom. The van der Waals surface area contributed by atoms with Gasteiger partial charge in [0, 0.05) is 25.3 Å². The fourth-order valence-electron chi connectivity index (χ4n) is 1.59. The minimum absolute atomic E-state index is 0.00694. The molecule has 17 heavy (non-hydrogen) atoms. The van der Waals surface area contributed by atoms with Crippen molar-refractivity contribution in [3.8, 4) is 0 Å². The second-order valence-electron chi connectivity index (χ2n) is 4.05. The van der Waals surface area contributed by atoms with Crippen LogP contribution < -0.4 is 5.73 Å². The third-order valence-electron chi connectivity index (χ3n) is 2.81. The molecule has 0 fully saturated rings. The lowest BCUT2D eigenvalue weighted by Gasteiger charge is -2.20.